The number of amides is 1. The summed E-state index contributed by atoms with van der Waals surface area (Å²) in [6.45, 7) is 2.60. The van der Waals surface area contributed by atoms with Crippen LogP contribution in [0, 0.1) is 0 Å². The zero-order chi connectivity index (χ0) is 16.2. The van der Waals surface area contributed by atoms with Gasteiger partial charge in [0.2, 0.25) is 0 Å². The zero-order valence-electron chi connectivity index (χ0n) is 13.7. The van der Waals surface area contributed by atoms with E-state index in [9.17, 15) is 4.79 Å². The summed E-state index contributed by atoms with van der Waals surface area (Å²) in [5.41, 5.74) is 1.19. The molecule has 2 aromatic heterocycles. The van der Waals surface area contributed by atoms with Gasteiger partial charge >= 0.3 is 0 Å². The van der Waals surface area contributed by atoms with Crippen LogP contribution in [0.1, 0.15) is 37.9 Å². The van der Waals surface area contributed by atoms with Crippen LogP contribution >= 0.6 is 0 Å². The predicted octanol–water partition coefficient (Wildman–Crippen LogP) is 2.94. The van der Waals surface area contributed by atoms with Gasteiger partial charge in [-0.2, -0.15) is 0 Å². The van der Waals surface area contributed by atoms with Crippen molar-refractivity contribution in [2.45, 2.75) is 38.3 Å². The second kappa shape index (κ2) is 6.86. The summed E-state index contributed by atoms with van der Waals surface area (Å²) in [6, 6.07) is 7.89. The first-order valence-electron chi connectivity index (χ1n) is 8.15. The first-order chi connectivity index (χ1) is 11.2. The van der Waals surface area contributed by atoms with Gasteiger partial charge in [0, 0.05) is 31.7 Å². The third-order valence-electron chi connectivity index (χ3n) is 4.41. The van der Waals surface area contributed by atoms with E-state index in [-0.39, 0.29) is 11.9 Å². The van der Waals surface area contributed by atoms with E-state index in [0.717, 1.165) is 25.8 Å². The normalized spacial score (nSPS) is 19.4. The highest BCUT2D eigenvalue weighted by molar-refractivity contribution is 5.81. The number of aromatic nitrogens is 2. The van der Waals surface area contributed by atoms with Gasteiger partial charge in [0.25, 0.3) is 5.91 Å². The van der Waals surface area contributed by atoms with E-state index in [1.165, 1.54) is 5.69 Å². The molecule has 3 heterocycles. The van der Waals surface area contributed by atoms with Crippen molar-refractivity contribution >= 4 is 5.91 Å². The molecule has 2 unspecified atom stereocenters. The van der Waals surface area contributed by atoms with E-state index in [0.29, 0.717) is 5.75 Å². The summed E-state index contributed by atoms with van der Waals surface area (Å²) in [5, 5.41) is 0. The SMILES string of the molecule is CC(Oc1cccnc1)C(=O)N1CCCCC1c1cccn1C. The maximum atomic E-state index is 12.9. The lowest BCUT2D eigenvalue weighted by Gasteiger charge is -2.37. The second-order valence-electron chi connectivity index (χ2n) is 6.04. The number of carbonyl (C=O) groups excluding carboxylic acids is 1. The molecule has 3 rings (SSSR count). The van der Waals surface area contributed by atoms with Crippen molar-refractivity contribution in [3.63, 3.8) is 0 Å². The lowest BCUT2D eigenvalue weighted by molar-refractivity contribution is -0.142. The van der Waals surface area contributed by atoms with Gasteiger partial charge in [0.05, 0.1) is 12.2 Å². The van der Waals surface area contributed by atoms with E-state index < -0.39 is 6.10 Å². The fraction of sp³-hybridized carbons (Fsp3) is 0.444. The summed E-state index contributed by atoms with van der Waals surface area (Å²) in [4.78, 5) is 18.9. The number of pyridine rings is 1. The molecule has 122 valence electrons. The van der Waals surface area contributed by atoms with Gasteiger partial charge < -0.3 is 14.2 Å². The van der Waals surface area contributed by atoms with Crippen molar-refractivity contribution in [1.82, 2.24) is 14.5 Å². The highest BCUT2D eigenvalue weighted by Gasteiger charge is 2.32. The smallest absolute Gasteiger partial charge is 0.263 e. The van der Waals surface area contributed by atoms with Crippen LogP contribution in [0.4, 0.5) is 0 Å². The molecule has 5 nitrogen and oxygen atoms in total. The van der Waals surface area contributed by atoms with Crippen molar-refractivity contribution < 1.29 is 9.53 Å². The molecule has 0 radical (unpaired) electrons. The van der Waals surface area contributed by atoms with Gasteiger partial charge in [-0.25, -0.2) is 0 Å². The Labute approximate surface area is 136 Å². The van der Waals surface area contributed by atoms with Crippen molar-refractivity contribution in [2.24, 2.45) is 7.05 Å². The fourth-order valence-electron chi connectivity index (χ4n) is 3.23. The Hall–Kier alpha value is -2.30. The predicted molar refractivity (Wildman–Crippen MR) is 88.0 cm³/mol. The number of hydrogen-bond acceptors (Lipinski definition) is 3. The second-order valence-corrected chi connectivity index (χ2v) is 6.04. The van der Waals surface area contributed by atoms with Crippen LogP contribution in [0.25, 0.3) is 0 Å². The topological polar surface area (TPSA) is 47.4 Å². The van der Waals surface area contributed by atoms with Gasteiger partial charge in [-0.05, 0) is 50.5 Å². The van der Waals surface area contributed by atoms with Crippen LogP contribution in [0.15, 0.2) is 42.9 Å². The molecule has 1 aliphatic heterocycles. The van der Waals surface area contributed by atoms with Crippen LogP contribution in [-0.2, 0) is 11.8 Å². The molecular formula is C18H23N3O2. The highest BCUT2D eigenvalue weighted by Crippen LogP contribution is 2.31. The standard InChI is InChI=1S/C18H23N3O2/c1-14(23-15-7-5-10-19-13-15)18(22)21-12-4-3-8-17(21)16-9-6-11-20(16)2/h5-7,9-11,13-14,17H,3-4,8,12H2,1-2H3. The van der Waals surface area contributed by atoms with E-state index in [1.54, 1.807) is 18.5 Å². The van der Waals surface area contributed by atoms with Gasteiger partial charge in [0.15, 0.2) is 6.10 Å². The summed E-state index contributed by atoms with van der Waals surface area (Å²) < 4.78 is 7.86. The van der Waals surface area contributed by atoms with E-state index in [4.69, 9.17) is 4.74 Å². The van der Waals surface area contributed by atoms with Crippen molar-refractivity contribution in [3.05, 3.63) is 48.5 Å². The average molecular weight is 313 g/mol. The molecular weight excluding hydrogens is 290 g/mol. The summed E-state index contributed by atoms with van der Waals surface area (Å²) in [6.07, 6.45) is 8.04. The Balaban J connectivity index is 1.75. The van der Waals surface area contributed by atoms with Crippen LogP contribution in [0.2, 0.25) is 0 Å². The molecule has 2 atom stereocenters. The number of rotatable bonds is 4. The number of likely N-dealkylation sites (tertiary alicyclic amines) is 1. The largest absolute Gasteiger partial charge is 0.479 e. The molecule has 23 heavy (non-hydrogen) atoms. The first-order valence-corrected chi connectivity index (χ1v) is 8.15. The van der Waals surface area contributed by atoms with Gasteiger partial charge in [-0.15, -0.1) is 0 Å². The van der Waals surface area contributed by atoms with Crippen molar-refractivity contribution in [1.29, 1.82) is 0 Å². The highest BCUT2D eigenvalue weighted by atomic mass is 16.5. The number of piperidine rings is 1. The first kappa shape index (κ1) is 15.6. The minimum atomic E-state index is -0.514. The summed E-state index contributed by atoms with van der Waals surface area (Å²) >= 11 is 0. The molecule has 0 spiro atoms. The number of carbonyl (C=O) groups is 1. The van der Waals surface area contributed by atoms with E-state index >= 15 is 0 Å². The number of nitrogens with zero attached hydrogens (tertiary/aromatic N) is 3. The van der Waals surface area contributed by atoms with E-state index in [1.807, 2.05) is 37.2 Å². The van der Waals surface area contributed by atoms with Crippen LogP contribution < -0.4 is 4.74 Å². The maximum absolute atomic E-state index is 12.9. The van der Waals surface area contributed by atoms with Crippen LogP contribution in [-0.4, -0.2) is 33.0 Å². The van der Waals surface area contributed by atoms with Gasteiger partial charge in [-0.3, -0.25) is 9.78 Å². The Morgan fingerprint density at radius 3 is 2.91 bits per heavy atom. The molecule has 0 aliphatic carbocycles. The Morgan fingerprint density at radius 1 is 1.35 bits per heavy atom. The molecule has 1 aliphatic rings. The fourth-order valence-corrected chi connectivity index (χ4v) is 3.23. The van der Waals surface area contributed by atoms with Gasteiger partial charge in [-0.1, -0.05) is 0 Å². The number of ether oxygens (including phenoxy) is 1. The molecule has 5 heteroatoms. The molecule has 2 aromatic rings. The van der Waals surface area contributed by atoms with Crippen molar-refractivity contribution in [2.75, 3.05) is 6.54 Å². The molecule has 0 bridgehead atoms. The quantitative estimate of drug-likeness (QED) is 0.872. The minimum Gasteiger partial charge on any atom is -0.479 e. The number of aryl methyl sites for hydroxylation is 1. The average Bonchev–Trinajstić information content (AvgIpc) is 3.01. The minimum absolute atomic E-state index is 0.0414. The Kier molecular flexibility index (Phi) is 4.65. The van der Waals surface area contributed by atoms with E-state index in [2.05, 4.69) is 15.6 Å². The molecule has 0 N–H and O–H groups in total. The molecule has 1 fully saturated rings. The Bertz CT molecular complexity index is 653. The maximum Gasteiger partial charge on any atom is 0.263 e. The third kappa shape index (κ3) is 3.38. The lowest BCUT2D eigenvalue weighted by Crippen LogP contribution is -2.45. The molecule has 1 saturated heterocycles. The van der Waals surface area contributed by atoms with Crippen molar-refractivity contribution in [3.8, 4) is 5.75 Å². The Morgan fingerprint density at radius 2 is 2.22 bits per heavy atom. The zero-order valence-corrected chi connectivity index (χ0v) is 13.7. The molecule has 0 aromatic carbocycles. The molecule has 0 saturated carbocycles. The lowest BCUT2D eigenvalue weighted by atomic mass is 9.98. The summed E-state index contributed by atoms with van der Waals surface area (Å²) in [7, 11) is 2.03. The molecule has 1 amide bonds. The third-order valence-corrected chi connectivity index (χ3v) is 4.41. The monoisotopic (exact) mass is 313 g/mol. The number of hydrogen-bond donors (Lipinski definition) is 0. The van der Waals surface area contributed by atoms with Gasteiger partial charge in [0.1, 0.15) is 5.75 Å². The van der Waals surface area contributed by atoms with Crippen LogP contribution in [0.3, 0.4) is 0 Å². The van der Waals surface area contributed by atoms with Crippen LogP contribution in [0.5, 0.6) is 5.75 Å². The summed E-state index contributed by atoms with van der Waals surface area (Å²) in [5.74, 6) is 0.667.